The van der Waals surface area contributed by atoms with E-state index in [-0.39, 0.29) is 11.1 Å². The van der Waals surface area contributed by atoms with Crippen molar-refractivity contribution in [2.75, 3.05) is 6.61 Å². The summed E-state index contributed by atoms with van der Waals surface area (Å²) in [7, 11) is 1.66. The number of benzene rings is 1. The number of ether oxygens (including phenoxy) is 1. The van der Waals surface area contributed by atoms with Gasteiger partial charge in [0.1, 0.15) is 5.75 Å². The van der Waals surface area contributed by atoms with Gasteiger partial charge in [0.15, 0.2) is 0 Å². The monoisotopic (exact) mass is 339 g/mol. The van der Waals surface area contributed by atoms with E-state index in [4.69, 9.17) is 4.74 Å². The van der Waals surface area contributed by atoms with E-state index in [9.17, 15) is 14.7 Å². The first-order chi connectivity index (χ1) is 12.0. The van der Waals surface area contributed by atoms with Crippen molar-refractivity contribution in [1.29, 1.82) is 0 Å². The molecule has 3 aromatic rings. The number of aromatic nitrogens is 3. The van der Waals surface area contributed by atoms with Crippen LogP contribution < -0.4 is 10.3 Å². The molecule has 0 amide bonds. The average Bonchev–Trinajstić information content (AvgIpc) is 3.08. The Balaban J connectivity index is 2.10. The highest BCUT2D eigenvalue weighted by Gasteiger charge is 2.15. The summed E-state index contributed by atoms with van der Waals surface area (Å²) in [6.45, 7) is 2.27. The highest BCUT2D eigenvalue weighted by molar-refractivity contribution is 5.91. The molecule has 1 aromatic carbocycles. The number of carbonyl (C=O) groups is 1. The first-order valence-corrected chi connectivity index (χ1v) is 7.72. The van der Waals surface area contributed by atoms with E-state index in [1.54, 1.807) is 43.8 Å². The van der Waals surface area contributed by atoms with Crippen molar-refractivity contribution in [2.24, 2.45) is 7.05 Å². The van der Waals surface area contributed by atoms with Crippen molar-refractivity contribution in [2.45, 2.75) is 6.92 Å². The van der Waals surface area contributed by atoms with Gasteiger partial charge in [0.2, 0.25) is 0 Å². The summed E-state index contributed by atoms with van der Waals surface area (Å²) >= 11 is 0. The minimum absolute atomic E-state index is 0.155. The Bertz CT molecular complexity index is 988. The van der Waals surface area contributed by atoms with Crippen molar-refractivity contribution in [3.63, 3.8) is 0 Å². The Morgan fingerprint density at radius 3 is 2.76 bits per heavy atom. The summed E-state index contributed by atoms with van der Waals surface area (Å²) in [6, 6.07) is 8.06. The molecule has 0 spiro atoms. The van der Waals surface area contributed by atoms with Crippen LogP contribution in [0.1, 0.15) is 17.3 Å². The lowest BCUT2D eigenvalue weighted by atomic mass is 10.1. The fraction of sp³-hybridized carbons (Fsp3) is 0.167. The van der Waals surface area contributed by atoms with Gasteiger partial charge in [-0.25, -0.2) is 9.48 Å². The highest BCUT2D eigenvalue weighted by atomic mass is 16.5. The maximum atomic E-state index is 11.8. The molecule has 0 radical (unpaired) electrons. The molecule has 2 aromatic heterocycles. The van der Waals surface area contributed by atoms with Crippen LogP contribution in [0.5, 0.6) is 5.75 Å². The summed E-state index contributed by atoms with van der Waals surface area (Å²) < 4.78 is 8.52. The lowest BCUT2D eigenvalue weighted by Crippen LogP contribution is -2.15. The third-order valence-electron chi connectivity index (χ3n) is 3.77. The van der Waals surface area contributed by atoms with Gasteiger partial charge in [-0.2, -0.15) is 5.10 Å². The Morgan fingerprint density at radius 1 is 1.28 bits per heavy atom. The van der Waals surface area contributed by atoms with Crippen LogP contribution in [0.15, 0.2) is 53.7 Å². The van der Waals surface area contributed by atoms with Crippen LogP contribution in [0.2, 0.25) is 0 Å². The molecule has 25 heavy (non-hydrogen) atoms. The fourth-order valence-electron chi connectivity index (χ4n) is 2.55. The minimum Gasteiger partial charge on any atom is -0.493 e. The second kappa shape index (κ2) is 6.64. The number of para-hydroxylation sites is 1. The quantitative estimate of drug-likeness (QED) is 0.771. The molecular formula is C18H17N3O4. The van der Waals surface area contributed by atoms with Crippen molar-refractivity contribution in [3.8, 4) is 22.6 Å². The van der Waals surface area contributed by atoms with E-state index >= 15 is 0 Å². The molecule has 0 fully saturated rings. The van der Waals surface area contributed by atoms with Crippen molar-refractivity contribution >= 4 is 5.97 Å². The molecule has 0 bridgehead atoms. The van der Waals surface area contributed by atoms with Gasteiger partial charge in [-0.1, -0.05) is 12.1 Å². The van der Waals surface area contributed by atoms with Crippen LogP contribution in [0, 0.1) is 0 Å². The molecule has 0 aliphatic rings. The lowest BCUT2D eigenvalue weighted by molar-refractivity contribution is 0.0696. The van der Waals surface area contributed by atoms with Gasteiger partial charge in [0.05, 0.1) is 24.1 Å². The topological polar surface area (TPSA) is 86.4 Å². The number of pyridine rings is 1. The number of hydrogen-bond acceptors (Lipinski definition) is 4. The van der Waals surface area contributed by atoms with Crippen molar-refractivity contribution in [1.82, 2.24) is 14.3 Å². The summed E-state index contributed by atoms with van der Waals surface area (Å²) in [4.78, 5) is 23.2. The maximum absolute atomic E-state index is 11.8. The number of nitrogens with zero attached hydrogens (tertiary/aromatic N) is 3. The second-order valence-corrected chi connectivity index (χ2v) is 5.43. The lowest BCUT2D eigenvalue weighted by Gasteiger charge is -2.10. The second-order valence-electron chi connectivity index (χ2n) is 5.43. The van der Waals surface area contributed by atoms with E-state index in [0.717, 1.165) is 5.56 Å². The largest absolute Gasteiger partial charge is 0.493 e. The number of rotatable bonds is 5. The number of carboxylic acid groups (broad SMARTS) is 1. The number of carboxylic acids is 1. The molecule has 128 valence electrons. The Labute approximate surface area is 143 Å². The first kappa shape index (κ1) is 16.5. The molecule has 0 aliphatic carbocycles. The van der Waals surface area contributed by atoms with Gasteiger partial charge in [0.25, 0.3) is 5.56 Å². The Morgan fingerprint density at radius 2 is 2.04 bits per heavy atom. The third kappa shape index (κ3) is 3.16. The molecule has 7 heteroatoms. The number of aryl methyl sites for hydroxylation is 1. The van der Waals surface area contributed by atoms with Crippen LogP contribution in [-0.2, 0) is 7.05 Å². The van der Waals surface area contributed by atoms with Gasteiger partial charge in [-0.15, -0.1) is 0 Å². The zero-order chi connectivity index (χ0) is 18.0. The zero-order valence-electron chi connectivity index (χ0n) is 13.8. The minimum atomic E-state index is -1.02. The van der Waals surface area contributed by atoms with Crippen molar-refractivity contribution in [3.05, 3.63) is 64.8 Å². The molecule has 0 atom stereocenters. The predicted molar refractivity (Wildman–Crippen MR) is 92.4 cm³/mol. The zero-order valence-corrected chi connectivity index (χ0v) is 13.8. The number of hydrogen-bond donors (Lipinski definition) is 1. The summed E-state index contributed by atoms with van der Waals surface area (Å²) in [5, 5.41) is 13.6. The first-order valence-electron chi connectivity index (χ1n) is 7.72. The van der Waals surface area contributed by atoms with Gasteiger partial charge >= 0.3 is 5.97 Å². The molecule has 2 heterocycles. The smallest absolute Gasteiger partial charge is 0.337 e. The Kier molecular flexibility index (Phi) is 4.38. The SMILES string of the molecule is CCOc1cc(=O)n(C)cc1-c1cnn(-c2ccccc2C(=O)O)c1. The van der Waals surface area contributed by atoms with Crippen LogP contribution in [-0.4, -0.2) is 32.0 Å². The van der Waals surface area contributed by atoms with Crippen molar-refractivity contribution < 1.29 is 14.6 Å². The third-order valence-corrected chi connectivity index (χ3v) is 3.77. The van der Waals surface area contributed by atoms with E-state index in [2.05, 4.69) is 5.10 Å². The normalized spacial score (nSPS) is 10.6. The molecule has 7 nitrogen and oxygen atoms in total. The Hall–Kier alpha value is -3.35. The van der Waals surface area contributed by atoms with E-state index in [1.165, 1.54) is 21.4 Å². The summed E-state index contributed by atoms with van der Waals surface area (Å²) in [6.07, 6.45) is 5.00. The summed E-state index contributed by atoms with van der Waals surface area (Å²) in [5.74, 6) is -0.554. The van der Waals surface area contributed by atoms with E-state index in [0.29, 0.717) is 23.6 Å². The summed E-state index contributed by atoms with van der Waals surface area (Å²) in [5.41, 5.74) is 1.88. The molecule has 3 rings (SSSR count). The van der Waals surface area contributed by atoms with Crippen LogP contribution in [0.25, 0.3) is 16.8 Å². The molecule has 1 N–H and O–H groups in total. The molecular weight excluding hydrogens is 322 g/mol. The fourth-order valence-corrected chi connectivity index (χ4v) is 2.55. The van der Waals surface area contributed by atoms with E-state index < -0.39 is 5.97 Å². The predicted octanol–water partition coefficient (Wildman–Crippen LogP) is 2.33. The maximum Gasteiger partial charge on any atom is 0.337 e. The molecule has 0 saturated heterocycles. The van der Waals surface area contributed by atoms with Gasteiger partial charge < -0.3 is 14.4 Å². The average molecular weight is 339 g/mol. The molecule has 0 saturated carbocycles. The van der Waals surface area contributed by atoms with Crippen LogP contribution in [0.3, 0.4) is 0 Å². The van der Waals surface area contributed by atoms with Gasteiger partial charge in [0, 0.05) is 36.6 Å². The van der Waals surface area contributed by atoms with Gasteiger partial charge in [-0.05, 0) is 19.1 Å². The van der Waals surface area contributed by atoms with E-state index in [1.807, 2.05) is 6.92 Å². The van der Waals surface area contributed by atoms with Gasteiger partial charge in [-0.3, -0.25) is 4.79 Å². The van der Waals surface area contributed by atoms with Crippen LogP contribution in [0.4, 0.5) is 0 Å². The molecule has 0 aliphatic heterocycles. The number of aromatic carboxylic acids is 1. The standard InChI is InChI=1S/C18H17N3O4/c1-3-25-16-8-17(22)20(2)11-14(16)12-9-19-21(10-12)15-7-5-4-6-13(15)18(23)24/h4-11H,3H2,1-2H3,(H,23,24). The van der Waals surface area contributed by atoms with Crippen LogP contribution >= 0.6 is 0 Å². The highest BCUT2D eigenvalue weighted by Crippen LogP contribution is 2.29. The molecule has 0 unspecified atom stereocenters.